The van der Waals surface area contributed by atoms with Crippen LogP contribution in [0.3, 0.4) is 0 Å². The number of benzene rings is 6. The highest BCUT2D eigenvalue weighted by atomic mass is 32.2. The summed E-state index contributed by atoms with van der Waals surface area (Å²) in [7, 11) is -18.7. The van der Waals surface area contributed by atoms with Crippen LogP contribution in [0, 0.1) is 13.8 Å². The molecule has 0 unspecified atom stereocenters. The van der Waals surface area contributed by atoms with Gasteiger partial charge in [0.1, 0.15) is 31.1 Å². The van der Waals surface area contributed by atoms with Gasteiger partial charge in [-0.3, -0.25) is 9.11 Å². The summed E-state index contributed by atoms with van der Waals surface area (Å²) < 4.78 is 127. The van der Waals surface area contributed by atoms with E-state index < -0.39 is 67.6 Å². The van der Waals surface area contributed by atoms with Crippen LogP contribution in [0.25, 0.3) is 21.5 Å². The molecule has 4 bridgehead atoms. The second-order valence-electron chi connectivity index (χ2n) is 13.0. The minimum absolute atomic E-state index is 0.0575. The summed E-state index contributed by atoms with van der Waals surface area (Å²) in [5, 5.41) is 25.2. The van der Waals surface area contributed by atoms with Crippen LogP contribution in [0.4, 0.5) is 38.9 Å². The van der Waals surface area contributed by atoms with Crippen LogP contribution in [0.2, 0.25) is 0 Å². The number of sulfonamides is 2. The van der Waals surface area contributed by atoms with E-state index in [1.165, 1.54) is 86.6 Å². The van der Waals surface area contributed by atoms with Crippen molar-refractivity contribution in [2.45, 2.75) is 33.4 Å². The highest BCUT2D eigenvalue weighted by Crippen LogP contribution is 2.52. The zero-order valence-corrected chi connectivity index (χ0v) is 31.8. The Bertz CT molecular complexity index is 3050. The molecule has 2 aliphatic heterocycles. The Kier molecular flexibility index (Phi) is 7.93. The molecule has 17 nitrogen and oxygen atoms in total. The maximum absolute atomic E-state index is 14.1. The van der Waals surface area contributed by atoms with Gasteiger partial charge in [-0.15, -0.1) is 0 Å². The number of aromatic hydroxyl groups is 2. The van der Waals surface area contributed by atoms with Gasteiger partial charge in [-0.1, -0.05) is 24.3 Å². The molecule has 6 aromatic rings. The third-order valence-electron chi connectivity index (χ3n) is 9.37. The Morgan fingerprint density at radius 1 is 0.571 bits per heavy atom. The molecule has 21 heteroatoms. The molecular weight excluding hydrogens is 813 g/mol. The van der Waals surface area contributed by atoms with E-state index in [4.69, 9.17) is 0 Å². The zero-order valence-electron chi connectivity index (χ0n) is 28.6. The molecule has 2 amide bonds. The van der Waals surface area contributed by atoms with Gasteiger partial charge in [0.25, 0.3) is 40.3 Å². The van der Waals surface area contributed by atoms with Gasteiger partial charge in [0.05, 0.1) is 34.1 Å². The minimum Gasteiger partial charge on any atom is -0.508 e. The molecule has 0 saturated carbocycles. The number of urea groups is 1. The predicted octanol–water partition coefficient (Wildman–Crippen LogP) is 5.84. The first-order valence-electron chi connectivity index (χ1n) is 16.0. The lowest BCUT2D eigenvalue weighted by Gasteiger charge is -2.19. The quantitative estimate of drug-likeness (QED) is 0.108. The van der Waals surface area contributed by atoms with E-state index in [1.807, 2.05) is 0 Å². The van der Waals surface area contributed by atoms with Crippen molar-refractivity contribution in [2.24, 2.45) is 0 Å². The Hall–Kier alpha value is -5.97. The van der Waals surface area contributed by atoms with Crippen LogP contribution in [0.1, 0.15) is 11.1 Å². The first-order chi connectivity index (χ1) is 26.1. The fourth-order valence-electron chi connectivity index (χ4n) is 7.13. The molecule has 0 saturated heterocycles. The van der Waals surface area contributed by atoms with Crippen LogP contribution in [0.5, 0.6) is 11.5 Å². The molecule has 0 atom stereocenters. The molecule has 8 rings (SSSR count). The molecule has 0 radical (unpaired) electrons. The van der Waals surface area contributed by atoms with E-state index in [0.29, 0.717) is 0 Å². The number of hydrogen-bond acceptors (Lipinski definition) is 11. The second kappa shape index (κ2) is 12.0. The fraction of sp³-hybridized carbons (Fsp3) is 0.0571. The Labute approximate surface area is 318 Å². The number of anilines is 6. The van der Waals surface area contributed by atoms with Gasteiger partial charge >= 0.3 is 6.03 Å². The largest absolute Gasteiger partial charge is 0.508 e. The molecule has 56 heavy (non-hydrogen) atoms. The minimum atomic E-state index is -4.88. The van der Waals surface area contributed by atoms with E-state index in [2.05, 4.69) is 10.6 Å². The number of rotatable bonds is 6. The summed E-state index contributed by atoms with van der Waals surface area (Å²) in [6.07, 6.45) is 0. The zero-order chi connectivity index (χ0) is 40.4. The molecular formula is C35H26N4O13S4. The predicted molar refractivity (Wildman–Crippen MR) is 205 cm³/mol. The highest BCUT2D eigenvalue weighted by molar-refractivity contribution is 7.94. The van der Waals surface area contributed by atoms with Gasteiger partial charge in [-0.05, 0) is 84.3 Å². The topological polar surface area (TPSA) is 265 Å². The van der Waals surface area contributed by atoms with E-state index in [0.717, 1.165) is 20.7 Å². The Morgan fingerprint density at radius 3 is 1.30 bits per heavy atom. The van der Waals surface area contributed by atoms with Gasteiger partial charge in [0.15, 0.2) is 0 Å². The van der Waals surface area contributed by atoms with Crippen LogP contribution in [-0.4, -0.2) is 59.0 Å². The van der Waals surface area contributed by atoms with Crippen molar-refractivity contribution in [3.8, 4) is 11.5 Å². The second-order valence-corrected chi connectivity index (χ2v) is 19.2. The number of nitrogens with one attached hydrogen (secondary N) is 2. The number of amides is 2. The van der Waals surface area contributed by atoms with Gasteiger partial charge < -0.3 is 20.8 Å². The SMILES string of the molecule is Cc1ccc2c(NC(=O)Nc3c4ccc(C)c3S(=O)(=O)N4c3ccc4cc(O)cc(S(=O)(=O)O)c4c3)c1S(=O)(=O)N2c1ccc2cc(O)cc(S(=O)(=O)O)c2c1. The van der Waals surface area contributed by atoms with Gasteiger partial charge in [-0.25, -0.2) is 30.2 Å². The standard InChI is InChI=1S/C35H26N4O13S4/c1-17-3-9-27-31(33(17)53(43,44)38(27)21-7-5-19-11-23(40)15-29(25(19)13-21)55(47,48)49)36-35(42)37-32-28-10-4-18(2)34(32)54(45,46)39(28)22-8-6-20-12-24(41)16-30(26(20)14-22)56(50,51)52/h3-16,40-41H,1-2H3,(H2,36,37,42)(H,47,48,49)(H,50,51,52). The van der Waals surface area contributed by atoms with Crippen molar-refractivity contribution >= 4 is 102 Å². The number of carbonyl (C=O) groups is 1. The molecule has 0 spiro atoms. The molecule has 0 aliphatic carbocycles. The smallest absolute Gasteiger partial charge is 0.323 e. The Balaban J connectivity index is 1.19. The summed E-state index contributed by atoms with van der Waals surface area (Å²) in [6.45, 7) is 2.97. The summed E-state index contributed by atoms with van der Waals surface area (Å²) in [5.74, 6) is -0.924. The average molecular weight is 839 g/mol. The van der Waals surface area contributed by atoms with Crippen molar-refractivity contribution < 1.29 is 57.8 Å². The summed E-state index contributed by atoms with van der Waals surface area (Å²) in [6, 6.07) is 16.5. The van der Waals surface area contributed by atoms with Crippen molar-refractivity contribution in [2.75, 3.05) is 19.2 Å². The maximum Gasteiger partial charge on any atom is 0.323 e. The summed E-state index contributed by atoms with van der Waals surface area (Å²) >= 11 is 0. The molecule has 288 valence electrons. The van der Waals surface area contributed by atoms with Crippen LogP contribution in [0.15, 0.2) is 105 Å². The van der Waals surface area contributed by atoms with Crippen LogP contribution in [-0.2, 0) is 40.3 Å². The Morgan fingerprint density at radius 2 is 0.946 bits per heavy atom. The number of aryl methyl sites for hydroxylation is 2. The van der Waals surface area contributed by atoms with Crippen molar-refractivity contribution in [3.63, 3.8) is 0 Å². The van der Waals surface area contributed by atoms with Crippen LogP contribution >= 0.6 is 0 Å². The van der Waals surface area contributed by atoms with E-state index in [1.54, 1.807) is 0 Å². The summed E-state index contributed by atoms with van der Waals surface area (Å²) in [4.78, 5) is 11.9. The number of phenols is 2. The first kappa shape index (κ1) is 37.0. The van der Waals surface area contributed by atoms with Crippen molar-refractivity contribution in [1.82, 2.24) is 0 Å². The van der Waals surface area contributed by atoms with Crippen molar-refractivity contribution in [3.05, 3.63) is 96.1 Å². The highest BCUT2D eigenvalue weighted by Gasteiger charge is 2.43. The lowest BCUT2D eigenvalue weighted by Crippen LogP contribution is -2.21. The number of hydrogen-bond donors (Lipinski definition) is 6. The van der Waals surface area contributed by atoms with E-state index >= 15 is 0 Å². The molecule has 6 aromatic carbocycles. The van der Waals surface area contributed by atoms with Gasteiger partial charge in [0.2, 0.25) is 0 Å². The lowest BCUT2D eigenvalue weighted by atomic mass is 10.1. The van der Waals surface area contributed by atoms with Gasteiger partial charge in [-0.2, -0.15) is 16.8 Å². The van der Waals surface area contributed by atoms with Crippen LogP contribution < -0.4 is 19.2 Å². The normalized spacial score (nSPS) is 15.4. The molecule has 2 aliphatic rings. The number of fused-ring (bicyclic) bond motifs is 6. The third-order valence-corrected chi connectivity index (χ3v) is 15.0. The maximum atomic E-state index is 14.1. The molecule has 0 fully saturated rings. The first-order valence-corrected chi connectivity index (χ1v) is 21.8. The molecule has 0 aromatic heterocycles. The monoisotopic (exact) mass is 838 g/mol. The lowest BCUT2D eigenvalue weighted by molar-refractivity contribution is 0.262. The van der Waals surface area contributed by atoms with E-state index in [9.17, 15) is 57.8 Å². The molecule has 2 heterocycles. The number of phenolic OH excluding ortho intramolecular Hbond substituents is 2. The molecule has 6 N–H and O–H groups in total. The summed E-state index contributed by atoms with van der Waals surface area (Å²) in [5.41, 5.74) is -0.205. The third kappa shape index (κ3) is 5.58. The average Bonchev–Trinajstić information content (AvgIpc) is 3.34. The van der Waals surface area contributed by atoms with Crippen molar-refractivity contribution in [1.29, 1.82) is 0 Å². The number of nitrogens with zero attached hydrogens (tertiary/aromatic N) is 2. The van der Waals surface area contributed by atoms with E-state index in [-0.39, 0.29) is 76.6 Å². The fourth-order valence-corrected chi connectivity index (χ4v) is 12.3. The van der Waals surface area contributed by atoms with Gasteiger partial charge in [0, 0.05) is 22.9 Å². The number of carbonyl (C=O) groups excluding carboxylic acids is 1.